The van der Waals surface area contributed by atoms with Gasteiger partial charge in [0.1, 0.15) is 0 Å². The van der Waals surface area contributed by atoms with Crippen molar-refractivity contribution in [2.45, 2.75) is 45.1 Å². The standard InChI is InChI=1S/C16H24N2/c1-4-13(5-1)9-11-17-12-15-7-2-6-14-8-3-10-18-16(14)15/h2,6-7,13,17-18H,1,3-5,8-12H2. The summed E-state index contributed by atoms with van der Waals surface area (Å²) in [6.07, 6.45) is 8.25. The SMILES string of the molecule is c1cc2c(c(CNCCC3CCC3)c1)NCCC2. The van der Waals surface area contributed by atoms with Gasteiger partial charge in [-0.25, -0.2) is 0 Å². The lowest BCUT2D eigenvalue weighted by molar-refractivity contribution is 0.292. The maximum atomic E-state index is 3.61. The molecule has 2 N–H and O–H groups in total. The Morgan fingerprint density at radius 1 is 1.22 bits per heavy atom. The average Bonchev–Trinajstić information content (AvgIpc) is 2.36. The highest BCUT2D eigenvalue weighted by Crippen LogP contribution is 2.29. The molecule has 1 aliphatic carbocycles. The van der Waals surface area contributed by atoms with Gasteiger partial charge in [0.2, 0.25) is 0 Å². The number of aryl methyl sites for hydroxylation is 1. The van der Waals surface area contributed by atoms with Crippen molar-refractivity contribution in [1.29, 1.82) is 0 Å². The molecule has 0 atom stereocenters. The average molecular weight is 244 g/mol. The fourth-order valence-electron chi connectivity index (χ4n) is 3.04. The molecule has 0 bridgehead atoms. The molecule has 1 saturated carbocycles. The lowest BCUT2D eigenvalue weighted by atomic mass is 9.83. The molecule has 0 spiro atoms. The fraction of sp³-hybridized carbons (Fsp3) is 0.625. The van der Waals surface area contributed by atoms with E-state index in [1.165, 1.54) is 61.9 Å². The van der Waals surface area contributed by atoms with Gasteiger partial charge in [0.05, 0.1) is 0 Å². The van der Waals surface area contributed by atoms with Crippen LogP contribution in [0.3, 0.4) is 0 Å². The van der Waals surface area contributed by atoms with Crippen LogP contribution in [0.15, 0.2) is 18.2 Å². The summed E-state index contributed by atoms with van der Waals surface area (Å²) in [4.78, 5) is 0. The number of para-hydroxylation sites is 1. The van der Waals surface area contributed by atoms with E-state index < -0.39 is 0 Å². The van der Waals surface area contributed by atoms with E-state index in [0.717, 1.165) is 19.0 Å². The van der Waals surface area contributed by atoms with Crippen LogP contribution >= 0.6 is 0 Å². The van der Waals surface area contributed by atoms with Gasteiger partial charge in [0.15, 0.2) is 0 Å². The molecule has 2 aliphatic rings. The Morgan fingerprint density at radius 3 is 3.00 bits per heavy atom. The van der Waals surface area contributed by atoms with Crippen LogP contribution in [0.25, 0.3) is 0 Å². The topological polar surface area (TPSA) is 24.1 Å². The molecule has 0 radical (unpaired) electrons. The molecule has 18 heavy (non-hydrogen) atoms. The largest absolute Gasteiger partial charge is 0.385 e. The van der Waals surface area contributed by atoms with Crippen LogP contribution in [0.4, 0.5) is 5.69 Å². The number of nitrogens with one attached hydrogen (secondary N) is 2. The third-order valence-electron chi connectivity index (χ3n) is 4.43. The predicted octanol–water partition coefficient (Wildman–Crippen LogP) is 3.32. The van der Waals surface area contributed by atoms with E-state index in [-0.39, 0.29) is 0 Å². The number of hydrogen-bond acceptors (Lipinski definition) is 2. The second-order valence-electron chi connectivity index (χ2n) is 5.74. The minimum atomic E-state index is 1.01. The van der Waals surface area contributed by atoms with Gasteiger partial charge in [-0.2, -0.15) is 0 Å². The molecule has 0 amide bonds. The Morgan fingerprint density at radius 2 is 2.17 bits per heavy atom. The van der Waals surface area contributed by atoms with Gasteiger partial charge in [0.25, 0.3) is 0 Å². The van der Waals surface area contributed by atoms with E-state index >= 15 is 0 Å². The van der Waals surface area contributed by atoms with Crippen molar-refractivity contribution >= 4 is 5.69 Å². The molecule has 1 aliphatic heterocycles. The molecule has 3 rings (SSSR count). The molecule has 2 nitrogen and oxygen atoms in total. The highest BCUT2D eigenvalue weighted by Gasteiger charge is 2.16. The van der Waals surface area contributed by atoms with Crippen molar-refractivity contribution in [2.75, 3.05) is 18.4 Å². The zero-order valence-corrected chi connectivity index (χ0v) is 11.2. The molecule has 1 fully saturated rings. The minimum absolute atomic E-state index is 1.01. The van der Waals surface area contributed by atoms with E-state index in [4.69, 9.17) is 0 Å². The van der Waals surface area contributed by atoms with Gasteiger partial charge in [-0.05, 0) is 42.9 Å². The van der Waals surface area contributed by atoms with E-state index in [2.05, 4.69) is 28.8 Å². The Hall–Kier alpha value is -1.02. The highest BCUT2D eigenvalue weighted by atomic mass is 14.9. The van der Waals surface area contributed by atoms with Crippen LogP contribution in [0.1, 0.15) is 43.2 Å². The quantitative estimate of drug-likeness (QED) is 0.776. The first-order valence-corrected chi connectivity index (χ1v) is 7.49. The second kappa shape index (κ2) is 5.75. The predicted molar refractivity (Wildman–Crippen MR) is 76.9 cm³/mol. The van der Waals surface area contributed by atoms with Crippen molar-refractivity contribution in [3.8, 4) is 0 Å². The molecule has 2 heteroatoms. The summed E-state index contributed by atoms with van der Waals surface area (Å²) in [5.41, 5.74) is 4.35. The second-order valence-corrected chi connectivity index (χ2v) is 5.74. The maximum Gasteiger partial charge on any atom is 0.0418 e. The van der Waals surface area contributed by atoms with Crippen molar-refractivity contribution < 1.29 is 0 Å². The molecule has 0 saturated heterocycles. The molecule has 1 aromatic carbocycles. The third-order valence-corrected chi connectivity index (χ3v) is 4.43. The summed E-state index contributed by atoms with van der Waals surface area (Å²) in [6.45, 7) is 3.32. The monoisotopic (exact) mass is 244 g/mol. The van der Waals surface area contributed by atoms with Gasteiger partial charge in [-0.1, -0.05) is 37.5 Å². The summed E-state index contributed by atoms with van der Waals surface area (Å²) in [6, 6.07) is 6.72. The van der Waals surface area contributed by atoms with Crippen molar-refractivity contribution in [2.24, 2.45) is 5.92 Å². The van der Waals surface area contributed by atoms with Crippen LogP contribution in [0, 0.1) is 5.92 Å². The Kier molecular flexibility index (Phi) is 3.84. The smallest absolute Gasteiger partial charge is 0.0418 e. The Labute approximate surface area is 110 Å². The first kappa shape index (κ1) is 12.0. The maximum absolute atomic E-state index is 3.61. The highest BCUT2D eigenvalue weighted by molar-refractivity contribution is 5.59. The van der Waals surface area contributed by atoms with Crippen LogP contribution in [-0.4, -0.2) is 13.1 Å². The Balaban J connectivity index is 1.52. The molecule has 0 aromatic heterocycles. The fourth-order valence-corrected chi connectivity index (χ4v) is 3.04. The lowest BCUT2D eigenvalue weighted by Crippen LogP contribution is -2.22. The first-order valence-electron chi connectivity index (χ1n) is 7.49. The van der Waals surface area contributed by atoms with E-state index in [1.54, 1.807) is 0 Å². The minimum Gasteiger partial charge on any atom is -0.385 e. The van der Waals surface area contributed by atoms with Gasteiger partial charge in [-0.3, -0.25) is 0 Å². The summed E-state index contributed by atoms with van der Waals surface area (Å²) >= 11 is 0. The molecule has 1 heterocycles. The van der Waals surface area contributed by atoms with Gasteiger partial charge < -0.3 is 10.6 Å². The van der Waals surface area contributed by atoms with Crippen molar-refractivity contribution in [1.82, 2.24) is 5.32 Å². The number of hydrogen-bond donors (Lipinski definition) is 2. The first-order chi connectivity index (χ1) is 8.93. The lowest BCUT2D eigenvalue weighted by Gasteiger charge is -2.25. The molecule has 98 valence electrons. The van der Waals surface area contributed by atoms with E-state index in [0.29, 0.717) is 0 Å². The zero-order valence-electron chi connectivity index (χ0n) is 11.2. The van der Waals surface area contributed by atoms with Crippen LogP contribution in [0.2, 0.25) is 0 Å². The number of anilines is 1. The molecule has 0 unspecified atom stereocenters. The van der Waals surface area contributed by atoms with E-state index in [9.17, 15) is 0 Å². The summed E-state index contributed by atoms with van der Waals surface area (Å²) in [7, 11) is 0. The summed E-state index contributed by atoms with van der Waals surface area (Å²) in [5.74, 6) is 1.01. The van der Waals surface area contributed by atoms with Crippen molar-refractivity contribution in [3.63, 3.8) is 0 Å². The summed E-state index contributed by atoms with van der Waals surface area (Å²) in [5, 5.41) is 7.17. The molecular formula is C16H24N2. The molecule has 1 aromatic rings. The number of benzene rings is 1. The number of fused-ring (bicyclic) bond motifs is 1. The van der Waals surface area contributed by atoms with Gasteiger partial charge >= 0.3 is 0 Å². The number of rotatable bonds is 5. The van der Waals surface area contributed by atoms with Crippen LogP contribution in [-0.2, 0) is 13.0 Å². The van der Waals surface area contributed by atoms with Crippen molar-refractivity contribution in [3.05, 3.63) is 29.3 Å². The third kappa shape index (κ3) is 2.69. The normalized spacial score (nSPS) is 18.9. The summed E-state index contributed by atoms with van der Waals surface area (Å²) < 4.78 is 0. The van der Waals surface area contributed by atoms with Gasteiger partial charge in [0, 0.05) is 18.8 Å². The van der Waals surface area contributed by atoms with Crippen LogP contribution in [0.5, 0.6) is 0 Å². The van der Waals surface area contributed by atoms with Crippen LogP contribution < -0.4 is 10.6 Å². The van der Waals surface area contributed by atoms with E-state index in [1.807, 2.05) is 0 Å². The Bertz CT molecular complexity index is 396. The molecular weight excluding hydrogens is 220 g/mol. The van der Waals surface area contributed by atoms with Gasteiger partial charge in [-0.15, -0.1) is 0 Å². The zero-order chi connectivity index (χ0) is 12.2.